The van der Waals surface area contributed by atoms with E-state index in [9.17, 15) is 0 Å². The molecule has 0 aliphatic carbocycles. The molecule has 1 aliphatic heterocycles. The van der Waals surface area contributed by atoms with Crippen LogP contribution in [-0.2, 0) is 19.6 Å². The maximum Gasteiger partial charge on any atom is 0.125 e. The van der Waals surface area contributed by atoms with E-state index in [-0.39, 0.29) is 0 Å². The molecule has 0 saturated heterocycles. The molecule has 0 radical (unpaired) electrons. The lowest BCUT2D eigenvalue weighted by atomic mass is 10.2. The quantitative estimate of drug-likeness (QED) is 0.738. The first-order valence-electron chi connectivity index (χ1n) is 4.89. The van der Waals surface area contributed by atoms with Gasteiger partial charge in [-0.15, -0.1) is 0 Å². The van der Waals surface area contributed by atoms with Gasteiger partial charge in [-0.1, -0.05) is 0 Å². The Morgan fingerprint density at radius 1 is 1.36 bits per heavy atom. The van der Waals surface area contributed by atoms with Crippen molar-refractivity contribution >= 4 is 0 Å². The first kappa shape index (κ1) is 9.55. The Hall–Kier alpha value is -1.00. The van der Waals surface area contributed by atoms with E-state index < -0.39 is 0 Å². The average Bonchev–Trinajstić information content (AvgIpc) is 2.45. The van der Waals surface area contributed by atoms with Crippen LogP contribution in [0.1, 0.15) is 22.8 Å². The van der Waals surface area contributed by atoms with Crippen LogP contribution in [0.2, 0.25) is 0 Å². The highest BCUT2D eigenvalue weighted by Crippen LogP contribution is 2.21. The molecule has 0 saturated carbocycles. The monoisotopic (exact) mass is 192 g/mol. The molecule has 0 atom stereocenters. The first-order valence-corrected chi connectivity index (χ1v) is 4.89. The number of rotatable bonds is 2. The fraction of sp³-hybridized carbons (Fsp3) is 0.600. The van der Waals surface area contributed by atoms with Crippen LogP contribution in [0.25, 0.3) is 0 Å². The number of hydrogen-bond acceptors (Lipinski definition) is 4. The molecule has 2 heterocycles. The highest BCUT2D eigenvalue weighted by Gasteiger charge is 2.21. The van der Waals surface area contributed by atoms with E-state index >= 15 is 0 Å². The van der Waals surface area contributed by atoms with Crippen LogP contribution in [0, 0.1) is 6.92 Å². The van der Waals surface area contributed by atoms with Gasteiger partial charge >= 0.3 is 0 Å². The lowest BCUT2D eigenvalue weighted by Gasteiger charge is -2.07. The standard InChI is InChI=1S/C10H16N4/c1-7-12-9(4-11-2)8-5-14(3)6-10(8)13-7/h11H,4-6H2,1-3H3. The second kappa shape index (κ2) is 3.63. The summed E-state index contributed by atoms with van der Waals surface area (Å²) in [4.78, 5) is 11.2. The zero-order valence-corrected chi connectivity index (χ0v) is 8.96. The van der Waals surface area contributed by atoms with E-state index in [1.54, 1.807) is 0 Å². The molecule has 0 amide bonds. The maximum atomic E-state index is 4.47. The fourth-order valence-electron chi connectivity index (χ4n) is 1.93. The minimum absolute atomic E-state index is 0.833. The third kappa shape index (κ3) is 1.63. The van der Waals surface area contributed by atoms with Crippen molar-refractivity contribution in [3.63, 3.8) is 0 Å². The van der Waals surface area contributed by atoms with Crippen LogP contribution in [-0.4, -0.2) is 29.0 Å². The summed E-state index contributed by atoms with van der Waals surface area (Å²) in [5, 5.41) is 3.15. The summed E-state index contributed by atoms with van der Waals surface area (Å²) < 4.78 is 0. The smallest absolute Gasteiger partial charge is 0.125 e. The normalized spacial score (nSPS) is 15.9. The highest BCUT2D eigenvalue weighted by atomic mass is 15.1. The SMILES string of the molecule is CNCc1nc(C)nc2c1CN(C)C2. The Balaban J connectivity index is 2.41. The van der Waals surface area contributed by atoms with Crippen molar-refractivity contribution in [3.8, 4) is 0 Å². The van der Waals surface area contributed by atoms with E-state index in [2.05, 4.69) is 27.2 Å². The van der Waals surface area contributed by atoms with Gasteiger partial charge in [0.05, 0.1) is 11.4 Å². The van der Waals surface area contributed by atoms with Crippen LogP contribution in [0.5, 0.6) is 0 Å². The minimum Gasteiger partial charge on any atom is -0.314 e. The molecule has 4 nitrogen and oxygen atoms in total. The van der Waals surface area contributed by atoms with Gasteiger partial charge in [0, 0.05) is 25.2 Å². The molecule has 76 valence electrons. The van der Waals surface area contributed by atoms with E-state index in [0.29, 0.717) is 0 Å². The average molecular weight is 192 g/mol. The number of nitrogens with zero attached hydrogens (tertiary/aromatic N) is 3. The van der Waals surface area contributed by atoms with Crippen molar-refractivity contribution in [3.05, 3.63) is 22.8 Å². The van der Waals surface area contributed by atoms with Crippen LogP contribution in [0.4, 0.5) is 0 Å². The summed E-state index contributed by atoms with van der Waals surface area (Å²) in [6.45, 7) is 4.72. The minimum atomic E-state index is 0.833. The zero-order valence-electron chi connectivity index (χ0n) is 8.96. The van der Waals surface area contributed by atoms with Crippen molar-refractivity contribution < 1.29 is 0 Å². The molecule has 1 aromatic rings. The number of aromatic nitrogens is 2. The molecular formula is C10H16N4. The Morgan fingerprint density at radius 3 is 2.86 bits per heavy atom. The lowest BCUT2D eigenvalue weighted by molar-refractivity contribution is 0.350. The van der Waals surface area contributed by atoms with Crippen LogP contribution < -0.4 is 5.32 Å². The summed E-state index contributed by atoms with van der Waals surface area (Å²) in [6.07, 6.45) is 0. The molecule has 4 heteroatoms. The molecule has 0 spiro atoms. The van der Waals surface area contributed by atoms with Crippen molar-refractivity contribution in [1.29, 1.82) is 0 Å². The van der Waals surface area contributed by atoms with E-state index in [1.165, 1.54) is 11.3 Å². The van der Waals surface area contributed by atoms with Gasteiger partial charge in [-0.05, 0) is 21.0 Å². The summed E-state index contributed by atoms with van der Waals surface area (Å²) in [6, 6.07) is 0. The Bertz CT molecular complexity index is 348. The predicted molar refractivity (Wildman–Crippen MR) is 54.7 cm³/mol. The van der Waals surface area contributed by atoms with E-state index in [0.717, 1.165) is 31.2 Å². The van der Waals surface area contributed by atoms with Gasteiger partial charge in [-0.3, -0.25) is 4.90 Å². The molecule has 2 rings (SSSR count). The second-order valence-electron chi connectivity index (χ2n) is 3.85. The molecule has 0 unspecified atom stereocenters. The molecule has 0 fully saturated rings. The van der Waals surface area contributed by atoms with Crippen LogP contribution in [0.15, 0.2) is 0 Å². The van der Waals surface area contributed by atoms with E-state index in [4.69, 9.17) is 0 Å². The first-order chi connectivity index (χ1) is 6.70. The van der Waals surface area contributed by atoms with Gasteiger partial charge in [0.25, 0.3) is 0 Å². The molecule has 0 bridgehead atoms. The van der Waals surface area contributed by atoms with Crippen LogP contribution in [0.3, 0.4) is 0 Å². The summed E-state index contributed by atoms with van der Waals surface area (Å²) in [5.74, 6) is 0.879. The van der Waals surface area contributed by atoms with Crippen molar-refractivity contribution in [2.45, 2.75) is 26.6 Å². The Kier molecular flexibility index (Phi) is 2.48. The fourth-order valence-corrected chi connectivity index (χ4v) is 1.93. The van der Waals surface area contributed by atoms with Gasteiger partial charge in [-0.25, -0.2) is 9.97 Å². The van der Waals surface area contributed by atoms with E-state index in [1.807, 2.05) is 14.0 Å². The summed E-state index contributed by atoms with van der Waals surface area (Å²) in [5.41, 5.74) is 3.66. The maximum absolute atomic E-state index is 4.47. The number of hydrogen-bond donors (Lipinski definition) is 1. The van der Waals surface area contributed by atoms with Gasteiger partial charge in [-0.2, -0.15) is 0 Å². The molecular weight excluding hydrogens is 176 g/mol. The number of aryl methyl sites for hydroxylation is 1. The van der Waals surface area contributed by atoms with Gasteiger partial charge in [0.1, 0.15) is 5.82 Å². The van der Waals surface area contributed by atoms with Crippen molar-refractivity contribution in [1.82, 2.24) is 20.2 Å². The summed E-state index contributed by atoms with van der Waals surface area (Å²) >= 11 is 0. The zero-order chi connectivity index (χ0) is 10.1. The van der Waals surface area contributed by atoms with Gasteiger partial charge in [0.2, 0.25) is 0 Å². The molecule has 0 aromatic carbocycles. The highest BCUT2D eigenvalue weighted by molar-refractivity contribution is 5.29. The van der Waals surface area contributed by atoms with Crippen molar-refractivity contribution in [2.75, 3.05) is 14.1 Å². The molecule has 1 N–H and O–H groups in total. The Labute approximate surface area is 84.4 Å². The van der Waals surface area contributed by atoms with Crippen molar-refractivity contribution in [2.24, 2.45) is 0 Å². The second-order valence-corrected chi connectivity index (χ2v) is 3.85. The number of nitrogens with one attached hydrogen (secondary N) is 1. The predicted octanol–water partition coefficient (Wildman–Crippen LogP) is 0.450. The Morgan fingerprint density at radius 2 is 2.14 bits per heavy atom. The number of fused-ring (bicyclic) bond motifs is 1. The third-order valence-corrected chi connectivity index (χ3v) is 2.48. The largest absolute Gasteiger partial charge is 0.314 e. The topological polar surface area (TPSA) is 41.1 Å². The lowest BCUT2D eigenvalue weighted by Crippen LogP contribution is -2.12. The van der Waals surface area contributed by atoms with Gasteiger partial charge < -0.3 is 5.32 Å². The van der Waals surface area contributed by atoms with Gasteiger partial charge in [0.15, 0.2) is 0 Å². The third-order valence-electron chi connectivity index (χ3n) is 2.48. The van der Waals surface area contributed by atoms with Crippen LogP contribution >= 0.6 is 0 Å². The molecule has 1 aromatic heterocycles. The molecule has 14 heavy (non-hydrogen) atoms. The molecule has 1 aliphatic rings. The summed E-state index contributed by atoms with van der Waals surface area (Å²) in [7, 11) is 4.06.